The zero-order valence-corrected chi connectivity index (χ0v) is 12.2. The van der Waals surface area contributed by atoms with Crippen molar-refractivity contribution in [1.82, 2.24) is 0 Å². The molecule has 2 aromatic rings. The van der Waals surface area contributed by atoms with Gasteiger partial charge in [0.05, 0.1) is 0 Å². The van der Waals surface area contributed by atoms with Crippen molar-refractivity contribution < 1.29 is 0 Å². The molecule has 2 rings (SSSR count). The Bertz CT molecular complexity index is 571. The Balaban J connectivity index is 0.000000492. The molecule has 0 N–H and O–H groups in total. The lowest BCUT2D eigenvalue weighted by Crippen LogP contribution is -1.73. The summed E-state index contributed by atoms with van der Waals surface area (Å²) in [7, 11) is 0. The third-order valence-electron chi connectivity index (χ3n) is 2.43. The van der Waals surface area contributed by atoms with E-state index in [0.29, 0.717) is 0 Å². The van der Waals surface area contributed by atoms with E-state index in [0.717, 1.165) is 0 Å². The molecule has 1 heterocycles. The maximum Gasteiger partial charge on any atom is 0.0355 e. The van der Waals surface area contributed by atoms with Crippen LogP contribution in [0.2, 0.25) is 0 Å². The Labute approximate surface area is 114 Å². The Kier molecular flexibility index (Phi) is 5.60. The maximum absolute atomic E-state index is 3.90. The molecular weight excluding hydrogens is 236 g/mol. The molecule has 0 fully saturated rings. The molecule has 1 aromatic heterocycles. The molecule has 0 bridgehead atoms. The first-order valence-corrected chi connectivity index (χ1v) is 6.84. The summed E-state index contributed by atoms with van der Waals surface area (Å²) in [5.41, 5.74) is 2.56. The highest BCUT2D eigenvalue weighted by Gasteiger charge is 2.06. The lowest BCUT2D eigenvalue weighted by Gasteiger charge is -1.95. The van der Waals surface area contributed by atoms with Crippen molar-refractivity contribution >= 4 is 33.6 Å². The number of rotatable bonds is 2. The fourth-order valence-corrected chi connectivity index (χ4v) is 2.89. The molecule has 18 heavy (non-hydrogen) atoms. The highest BCUT2D eigenvalue weighted by molar-refractivity contribution is 7.20. The molecule has 0 spiro atoms. The average Bonchev–Trinajstić information content (AvgIpc) is 2.67. The van der Waals surface area contributed by atoms with Gasteiger partial charge in [-0.1, -0.05) is 36.4 Å². The molecule has 94 valence electrons. The number of fused-ring (bicyclic) bond motifs is 1. The van der Waals surface area contributed by atoms with Crippen LogP contribution >= 0.6 is 11.3 Å². The van der Waals surface area contributed by atoms with Crippen LogP contribution in [0.1, 0.15) is 29.9 Å². The van der Waals surface area contributed by atoms with Gasteiger partial charge in [-0.3, -0.25) is 0 Å². The summed E-state index contributed by atoms with van der Waals surface area (Å²) in [5, 5.41) is 1.32. The monoisotopic (exact) mass is 256 g/mol. The number of allylic oxidation sites excluding steroid dienone is 2. The number of hydrogen-bond acceptors (Lipinski definition) is 1. The van der Waals surface area contributed by atoms with Gasteiger partial charge in [0, 0.05) is 15.0 Å². The van der Waals surface area contributed by atoms with E-state index in [2.05, 4.69) is 50.4 Å². The molecule has 0 radical (unpaired) electrons. The van der Waals surface area contributed by atoms with Crippen LogP contribution in [-0.4, -0.2) is 0 Å². The summed E-state index contributed by atoms with van der Waals surface area (Å²) in [6, 6.07) is 6.58. The summed E-state index contributed by atoms with van der Waals surface area (Å²) in [6.07, 6.45) is 7.93. The van der Waals surface area contributed by atoms with Crippen molar-refractivity contribution in [1.29, 1.82) is 0 Å². The van der Waals surface area contributed by atoms with Gasteiger partial charge in [0.1, 0.15) is 0 Å². The topological polar surface area (TPSA) is 0 Å². The predicted octanol–water partition coefficient (Wildman–Crippen LogP) is 6.08. The van der Waals surface area contributed by atoms with Crippen molar-refractivity contribution in [3.8, 4) is 0 Å². The molecule has 0 aliphatic heterocycles. The maximum atomic E-state index is 3.90. The van der Waals surface area contributed by atoms with Crippen molar-refractivity contribution in [3.05, 3.63) is 59.5 Å². The molecule has 0 unspecified atom stereocenters. The summed E-state index contributed by atoms with van der Waals surface area (Å²) in [6.45, 7) is 13.3. The Morgan fingerprint density at radius 2 is 1.83 bits per heavy atom. The van der Waals surface area contributed by atoms with E-state index < -0.39 is 0 Å². The van der Waals surface area contributed by atoms with Gasteiger partial charge in [-0.15, -0.1) is 17.9 Å². The Morgan fingerprint density at radius 1 is 1.17 bits per heavy atom. The SMILES string of the molecule is C=CC.C=Cc1c(/C=C\C)sc2ccc(C)cc12. The smallest absolute Gasteiger partial charge is 0.0355 e. The van der Waals surface area contributed by atoms with E-state index in [1.807, 2.05) is 31.3 Å². The van der Waals surface area contributed by atoms with Crippen molar-refractivity contribution in [3.63, 3.8) is 0 Å². The summed E-state index contributed by atoms with van der Waals surface area (Å²) in [4.78, 5) is 1.30. The van der Waals surface area contributed by atoms with E-state index in [1.165, 1.54) is 26.1 Å². The molecule has 0 aliphatic rings. The second-order valence-corrected chi connectivity index (χ2v) is 5.08. The first-order chi connectivity index (χ1) is 8.67. The van der Waals surface area contributed by atoms with Gasteiger partial charge in [-0.2, -0.15) is 0 Å². The predicted molar refractivity (Wildman–Crippen MR) is 87.2 cm³/mol. The number of benzene rings is 1. The minimum Gasteiger partial charge on any atom is -0.135 e. The molecule has 1 aromatic carbocycles. The van der Waals surface area contributed by atoms with Crippen LogP contribution in [0.3, 0.4) is 0 Å². The highest BCUT2D eigenvalue weighted by atomic mass is 32.1. The van der Waals surface area contributed by atoms with Crippen molar-refractivity contribution in [2.45, 2.75) is 20.8 Å². The molecule has 0 aliphatic carbocycles. The quantitative estimate of drug-likeness (QED) is 0.571. The third-order valence-corrected chi connectivity index (χ3v) is 3.58. The van der Waals surface area contributed by atoms with E-state index in [9.17, 15) is 0 Å². The molecule has 0 saturated carbocycles. The standard InChI is InChI=1S/C14H14S.C3H6/c1-4-6-13-11(5-2)12-9-10(3)7-8-14(12)15-13;1-3-2/h4-9H,2H2,1,3H3;3H,1H2,2H3/b6-4-;. The van der Waals surface area contributed by atoms with Crippen LogP contribution < -0.4 is 0 Å². The zero-order chi connectivity index (χ0) is 13.5. The number of hydrogen-bond donors (Lipinski definition) is 0. The second-order valence-electron chi connectivity index (χ2n) is 3.99. The summed E-state index contributed by atoms with van der Waals surface area (Å²) in [5.74, 6) is 0. The average molecular weight is 256 g/mol. The number of aryl methyl sites for hydroxylation is 1. The Morgan fingerprint density at radius 3 is 2.39 bits per heavy atom. The first-order valence-electron chi connectivity index (χ1n) is 6.03. The van der Waals surface area contributed by atoms with Gasteiger partial charge in [-0.05, 0) is 44.5 Å². The molecule has 0 atom stereocenters. The van der Waals surface area contributed by atoms with Crippen molar-refractivity contribution in [2.75, 3.05) is 0 Å². The molecule has 1 heteroatoms. The lowest BCUT2D eigenvalue weighted by atomic mass is 10.1. The molecule has 0 nitrogen and oxygen atoms in total. The van der Waals surface area contributed by atoms with Crippen LogP contribution in [0.4, 0.5) is 0 Å². The lowest BCUT2D eigenvalue weighted by molar-refractivity contribution is 1.51. The van der Waals surface area contributed by atoms with Crippen LogP contribution in [0.15, 0.2) is 43.5 Å². The van der Waals surface area contributed by atoms with E-state index >= 15 is 0 Å². The van der Waals surface area contributed by atoms with Gasteiger partial charge in [0.15, 0.2) is 0 Å². The first kappa shape index (κ1) is 14.5. The van der Waals surface area contributed by atoms with E-state index in [4.69, 9.17) is 0 Å². The second kappa shape index (κ2) is 6.97. The zero-order valence-electron chi connectivity index (χ0n) is 11.4. The van der Waals surface area contributed by atoms with Crippen LogP contribution in [0.25, 0.3) is 22.2 Å². The normalized spacial score (nSPS) is 10.2. The minimum atomic E-state index is 1.26. The number of thiophene rings is 1. The molecule has 0 amide bonds. The van der Waals surface area contributed by atoms with Gasteiger partial charge in [0.25, 0.3) is 0 Å². The fourth-order valence-electron chi connectivity index (χ4n) is 1.74. The van der Waals surface area contributed by atoms with Crippen LogP contribution in [0, 0.1) is 6.92 Å². The minimum absolute atomic E-state index is 1.26. The molecule has 0 saturated heterocycles. The summed E-state index contributed by atoms with van der Waals surface area (Å²) < 4.78 is 1.34. The largest absolute Gasteiger partial charge is 0.135 e. The molecular formula is C17H20S. The van der Waals surface area contributed by atoms with Gasteiger partial charge >= 0.3 is 0 Å². The Hall–Kier alpha value is -1.60. The summed E-state index contributed by atoms with van der Waals surface area (Å²) >= 11 is 1.82. The van der Waals surface area contributed by atoms with E-state index in [-0.39, 0.29) is 0 Å². The van der Waals surface area contributed by atoms with Crippen LogP contribution in [0.5, 0.6) is 0 Å². The fraction of sp³-hybridized carbons (Fsp3) is 0.176. The van der Waals surface area contributed by atoms with Crippen LogP contribution in [-0.2, 0) is 0 Å². The van der Waals surface area contributed by atoms with E-state index in [1.54, 1.807) is 6.08 Å². The van der Waals surface area contributed by atoms with Gasteiger partial charge in [-0.25, -0.2) is 0 Å². The highest BCUT2D eigenvalue weighted by Crippen LogP contribution is 2.33. The third kappa shape index (κ3) is 3.21. The van der Waals surface area contributed by atoms with Gasteiger partial charge in [0.2, 0.25) is 0 Å². The van der Waals surface area contributed by atoms with Crippen molar-refractivity contribution in [2.24, 2.45) is 0 Å². The van der Waals surface area contributed by atoms with Gasteiger partial charge < -0.3 is 0 Å².